The first-order valence-electron chi connectivity index (χ1n) is 4.12. The first-order chi connectivity index (χ1) is 7.20. The summed E-state index contributed by atoms with van der Waals surface area (Å²) >= 11 is 7.25. The van der Waals surface area contributed by atoms with Gasteiger partial charge >= 0.3 is 0 Å². The molecular formula is C10H6ClN3S. The minimum absolute atomic E-state index is 0.248. The highest BCUT2D eigenvalue weighted by molar-refractivity contribution is 7.14. The molecule has 0 aliphatic carbocycles. The average Bonchev–Trinajstić information content (AvgIpc) is 2.65. The van der Waals surface area contributed by atoms with Crippen molar-refractivity contribution < 1.29 is 0 Å². The van der Waals surface area contributed by atoms with E-state index in [1.54, 1.807) is 12.1 Å². The zero-order valence-electron chi connectivity index (χ0n) is 7.57. The van der Waals surface area contributed by atoms with Gasteiger partial charge in [0.05, 0.1) is 15.6 Å². The van der Waals surface area contributed by atoms with Crippen LogP contribution >= 0.6 is 22.9 Å². The minimum Gasteiger partial charge on any atom is -0.383 e. The van der Waals surface area contributed by atoms with Gasteiger partial charge in [0.1, 0.15) is 11.9 Å². The smallest absolute Gasteiger partial charge is 0.142 e. The summed E-state index contributed by atoms with van der Waals surface area (Å²) in [6.07, 6.45) is 0. The zero-order chi connectivity index (χ0) is 10.8. The van der Waals surface area contributed by atoms with Crippen LogP contribution in [0.1, 0.15) is 5.56 Å². The Morgan fingerprint density at radius 1 is 1.47 bits per heavy atom. The van der Waals surface area contributed by atoms with Gasteiger partial charge in [0, 0.05) is 10.9 Å². The van der Waals surface area contributed by atoms with Crippen molar-refractivity contribution in [1.82, 2.24) is 4.98 Å². The number of hydrogen-bond donors (Lipinski definition) is 1. The molecule has 74 valence electrons. The molecule has 0 bridgehead atoms. The highest BCUT2D eigenvalue weighted by Gasteiger charge is 2.05. The minimum atomic E-state index is 0.248. The quantitative estimate of drug-likeness (QED) is 0.827. The van der Waals surface area contributed by atoms with Gasteiger partial charge in [-0.2, -0.15) is 5.26 Å². The molecule has 2 N–H and O–H groups in total. The number of nitrogen functional groups attached to an aromatic ring is 1. The van der Waals surface area contributed by atoms with Crippen LogP contribution in [0.5, 0.6) is 0 Å². The maximum atomic E-state index is 8.69. The van der Waals surface area contributed by atoms with E-state index >= 15 is 0 Å². The van der Waals surface area contributed by atoms with Crippen molar-refractivity contribution in [2.75, 3.05) is 5.73 Å². The monoisotopic (exact) mass is 235 g/mol. The van der Waals surface area contributed by atoms with Crippen LogP contribution in [0, 0.1) is 11.3 Å². The summed E-state index contributed by atoms with van der Waals surface area (Å²) in [5.41, 5.74) is 7.65. The topological polar surface area (TPSA) is 62.7 Å². The molecule has 0 aliphatic rings. The lowest BCUT2D eigenvalue weighted by Gasteiger charge is -1.99. The summed E-state index contributed by atoms with van der Waals surface area (Å²) in [7, 11) is 0. The summed E-state index contributed by atoms with van der Waals surface area (Å²) in [5, 5.41) is 10.6. The molecule has 0 atom stereocenters. The molecule has 2 aromatic heterocycles. The van der Waals surface area contributed by atoms with Gasteiger partial charge in [-0.15, -0.1) is 11.3 Å². The van der Waals surface area contributed by atoms with Crippen LogP contribution in [0.15, 0.2) is 23.6 Å². The first-order valence-corrected chi connectivity index (χ1v) is 5.37. The summed E-state index contributed by atoms with van der Waals surface area (Å²) in [6.45, 7) is 0. The van der Waals surface area contributed by atoms with E-state index < -0.39 is 0 Å². The predicted octanol–water partition coefficient (Wildman–Crippen LogP) is 2.92. The van der Waals surface area contributed by atoms with E-state index in [0.717, 1.165) is 11.3 Å². The molecule has 2 aromatic rings. The molecular weight excluding hydrogens is 230 g/mol. The van der Waals surface area contributed by atoms with E-state index in [2.05, 4.69) is 4.98 Å². The number of nitrogens with two attached hydrogens (primary N) is 1. The molecule has 15 heavy (non-hydrogen) atoms. The maximum absolute atomic E-state index is 8.69. The fourth-order valence-corrected chi connectivity index (χ4v) is 2.05. The summed E-state index contributed by atoms with van der Waals surface area (Å²) in [6, 6.07) is 7.20. The van der Waals surface area contributed by atoms with Crippen molar-refractivity contribution in [2.45, 2.75) is 0 Å². The third-order valence-corrected chi connectivity index (χ3v) is 3.00. The summed E-state index contributed by atoms with van der Waals surface area (Å²) in [4.78, 5) is 4.13. The number of rotatable bonds is 1. The van der Waals surface area contributed by atoms with Gasteiger partial charge in [0.15, 0.2) is 0 Å². The predicted molar refractivity (Wildman–Crippen MR) is 61.7 cm³/mol. The van der Waals surface area contributed by atoms with Gasteiger partial charge in [-0.05, 0) is 18.2 Å². The van der Waals surface area contributed by atoms with Crippen LogP contribution < -0.4 is 5.73 Å². The lowest BCUT2D eigenvalue weighted by Crippen LogP contribution is -1.95. The normalized spacial score (nSPS) is 9.87. The van der Waals surface area contributed by atoms with Gasteiger partial charge in [-0.1, -0.05) is 11.6 Å². The number of aromatic nitrogens is 1. The van der Waals surface area contributed by atoms with Crippen LogP contribution in [0.25, 0.3) is 11.3 Å². The number of pyridine rings is 1. The van der Waals surface area contributed by atoms with Crippen molar-refractivity contribution in [3.8, 4) is 17.3 Å². The molecule has 0 saturated heterocycles. The molecule has 0 spiro atoms. The largest absolute Gasteiger partial charge is 0.383 e. The van der Waals surface area contributed by atoms with Crippen molar-refractivity contribution in [1.29, 1.82) is 5.26 Å². The Labute approximate surface area is 95.7 Å². The number of thiophene rings is 1. The summed E-state index contributed by atoms with van der Waals surface area (Å²) in [5.74, 6) is 0.248. The summed E-state index contributed by atoms with van der Waals surface area (Å²) < 4.78 is 0.703. The molecule has 0 saturated carbocycles. The van der Waals surface area contributed by atoms with E-state index in [4.69, 9.17) is 22.6 Å². The van der Waals surface area contributed by atoms with Crippen LogP contribution in [0.2, 0.25) is 4.34 Å². The van der Waals surface area contributed by atoms with E-state index in [1.165, 1.54) is 11.3 Å². The highest BCUT2D eigenvalue weighted by atomic mass is 35.5. The van der Waals surface area contributed by atoms with Crippen LogP contribution in [0.3, 0.4) is 0 Å². The second kappa shape index (κ2) is 3.89. The van der Waals surface area contributed by atoms with Crippen LogP contribution in [-0.4, -0.2) is 4.98 Å². The molecule has 0 aliphatic heterocycles. The number of halogens is 1. The van der Waals surface area contributed by atoms with Crippen LogP contribution in [0.4, 0.5) is 5.82 Å². The van der Waals surface area contributed by atoms with Gasteiger partial charge < -0.3 is 5.73 Å². The fraction of sp³-hybridized carbons (Fsp3) is 0. The molecule has 0 radical (unpaired) electrons. The molecule has 3 nitrogen and oxygen atoms in total. The molecule has 0 fully saturated rings. The fourth-order valence-electron chi connectivity index (χ4n) is 1.17. The van der Waals surface area contributed by atoms with E-state index in [-0.39, 0.29) is 5.82 Å². The Morgan fingerprint density at radius 2 is 2.27 bits per heavy atom. The number of nitriles is 1. The third kappa shape index (κ3) is 1.94. The number of hydrogen-bond acceptors (Lipinski definition) is 4. The van der Waals surface area contributed by atoms with Gasteiger partial charge in [0.2, 0.25) is 0 Å². The van der Waals surface area contributed by atoms with Gasteiger partial charge in [0.25, 0.3) is 0 Å². The Bertz CT molecular complexity index is 542. The zero-order valence-corrected chi connectivity index (χ0v) is 9.14. The second-order valence-electron chi connectivity index (χ2n) is 2.88. The molecule has 5 heteroatoms. The molecule has 2 heterocycles. The Balaban J connectivity index is 2.48. The molecule has 0 unspecified atom stereocenters. The molecule has 0 aromatic carbocycles. The lowest BCUT2D eigenvalue weighted by molar-refractivity contribution is 1.31. The second-order valence-corrected chi connectivity index (χ2v) is 4.42. The first kappa shape index (κ1) is 9.97. The Hall–Kier alpha value is -1.57. The van der Waals surface area contributed by atoms with E-state index in [0.29, 0.717) is 9.90 Å². The van der Waals surface area contributed by atoms with Crippen molar-refractivity contribution >= 4 is 28.8 Å². The highest BCUT2D eigenvalue weighted by Crippen LogP contribution is 2.28. The van der Waals surface area contributed by atoms with Gasteiger partial charge in [-0.25, -0.2) is 4.98 Å². The SMILES string of the molecule is N#Cc1ccc(-c2csc(Cl)c2)nc1N. The Kier molecular flexibility index (Phi) is 2.58. The maximum Gasteiger partial charge on any atom is 0.142 e. The van der Waals surface area contributed by atoms with E-state index in [9.17, 15) is 0 Å². The Morgan fingerprint density at radius 3 is 2.80 bits per heavy atom. The van der Waals surface area contributed by atoms with E-state index in [1.807, 2.05) is 17.5 Å². The lowest BCUT2D eigenvalue weighted by atomic mass is 10.2. The number of anilines is 1. The molecule has 2 rings (SSSR count). The van der Waals surface area contributed by atoms with Crippen LogP contribution in [-0.2, 0) is 0 Å². The third-order valence-electron chi connectivity index (χ3n) is 1.91. The standard InChI is InChI=1S/C10H6ClN3S/c11-9-3-7(5-15-9)8-2-1-6(4-12)10(13)14-8/h1-3,5H,(H2,13,14). The number of nitrogens with zero attached hydrogens (tertiary/aromatic N) is 2. The van der Waals surface area contributed by atoms with Crippen molar-refractivity contribution in [3.05, 3.63) is 33.5 Å². The van der Waals surface area contributed by atoms with Crippen molar-refractivity contribution in [2.24, 2.45) is 0 Å². The van der Waals surface area contributed by atoms with Crippen molar-refractivity contribution in [3.63, 3.8) is 0 Å². The molecule has 0 amide bonds. The van der Waals surface area contributed by atoms with Gasteiger partial charge in [-0.3, -0.25) is 0 Å². The average molecular weight is 236 g/mol.